The second-order valence-electron chi connectivity index (χ2n) is 5.08. The van der Waals surface area contributed by atoms with Gasteiger partial charge in [0, 0.05) is 12.2 Å². The molecule has 0 aliphatic carbocycles. The van der Waals surface area contributed by atoms with Gasteiger partial charge in [0.25, 0.3) is 0 Å². The Balaban J connectivity index is 2.06. The summed E-state index contributed by atoms with van der Waals surface area (Å²) in [5.41, 5.74) is 2.53. The monoisotopic (exact) mass is 333 g/mol. The molecule has 0 fully saturated rings. The molecular formula is C15H16BrN3O. The van der Waals surface area contributed by atoms with Gasteiger partial charge in [0.1, 0.15) is 0 Å². The van der Waals surface area contributed by atoms with Crippen molar-refractivity contribution in [1.82, 2.24) is 9.97 Å². The minimum atomic E-state index is 0.561. The summed E-state index contributed by atoms with van der Waals surface area (Å²) in [5, 5.41) is 0. The molecule has 1 aliphatic heterocycles. The Morgan fingerprint density at radius 1 is 1.35 bits per heavy atom. The van der Waals surface area contributed by atoms with E-state index in [0.29, 0.717) is 17.7 Å². The Kier molecular flexibility index (Phi) is 3.61. The number of halogens is 1. The van der Waals surface area contributed by atoms with Crippen molar-refractivity contribution in [3.05, 3.63) is 40.5 Å². The van der Waals surface area contributed by atoms with Crippen LogP contribution in [0.15, 0.2) is 34.9 Å². The minimum Gasteiger partial charge on any atom is -0.480 e. The van der Waals surface area contributed by atoms with E-state index in [1.165, 1.54) is 11.3 Å². The molecule has 1 unspecified atom stereocenters. The molecule has 0 N–H and O–H groups in total. The summed E-state index contributed by atoms with van der Waals surface area (Å²) < 4.78 is 6.03. The summed E-state index contributed by atoms with van der Waals surface area (Å²) in [5.74, 6) is 1.82. The van der Waals surface area contributed by atoms with E-state index in [1.807, 2.05) is 0 Å². The first-order valence-corrected chi connectivity index (χ1v) is 7.40. The Labute approximate surface area is 126 Å². The standard InChI is InChI=1S/C15H16BrN3O/c1-10-7-11-5-3-4-6-13(11)19(9-10)15-17-8-12(16)14(18-15)20-2/h3-6,8,10H,7,9H2,1-2H3. The van der Waals surface area contributed by atoms with Crippen LogP contribution in [-0.2, 0) is 6.42 Å². The van der Waals surface area contributed by atoms with Gasteiger partial charge in [-0.2, -0.15) is 4.98 Å². The van der Waals surface area contributed by atoms with E-state index in [1.54, 1.807) is 13.3 Å². The molecule has 0 radical (unpaired) electrons. The third kappa shape index (κ3) is 2.38. The van der Waals surface area contributed by atoms with Crippen LogP contribution in [0.2, 0.25) is 0 Å². The first-order chi connectivity index (χ1) is 9.69. The summed E-state index contributed by atoms with van der Waals surface area (Å²) >= 11 is 3.39. The van der Waals surface area contributed by atoms with Gasteiger partial charge in [-0.05, 0) is 39.9 Å². The zero-order valence-corrected chi connectivity index (χ0v) is 13.1. The zero-order chi connectivity index (χ0) is 14.1. The Morgan fingerprint density at radius 2 is 2.15 bits per heavy atom. The Bertz CT molecular complexity index is 632. The number of ether oxygens (including phenoxy) is 1. The molecule has 3 rings (SSSR count). The molecule has 2 aromatic rings. The molecule has 1 aromatic carbocycles. The molecule has 2 heterocycles. The van der Waals surface area contributed by atoms with Gasteiger partial charge in [0.15, 0.2) is 0 Å². The number of anilines is 2. The number of hydrogen-bond donors (Lipinski definition) is 0. The van der Waals surface area contributed by atoms with Crippen molar-refractivity contribution in [1.29, 1.82) is 0 Å². The van der Waals surface area contributed by atoms with Crippen LogP contribution in [0.4, 0.5) is 11.6 Å². The molecule has 4 nitrogen and oxygen atoms in total. The molecule has 1 aliphatic rings. The van der Waals surface area contributed by atoms with E-state index in [0.717, 1.165) is 17.4 Å². The van der Waals surface area contributed by atoms with Gasteiger partial charge in [-0.1, -0.05) is 25.1 Å². The summed E-state index contributed by atoms with van der Waals surface area (Å²) in [4.78, 5) is 11.1. The number of methoxy groups -OCH3 is 1. The molecule has 0 amide bonds. The molecule has 1 aromatic heterocycles. The van der Waals surface area contributed by atoms with E-state index in [2.05, 4.69) is 62.0 Å². The maximum atomic E-state index is 5.27. The number of para-hydroxylation sites is 1. The van der Waals surface area contributed by atoms with E-state index < -0.39 is 0 Å². The molecule has 0 bridgehead atoms. The van der Waals surface area contributed by atoms with Gasteiger partial charge in [-0.25, -0.2) is 4.98 Å². The number of fused-ring (bicyclic) bond motifs is 1. The average Bonchev–Trinajstić information content (AvgIpc) is 2.47. The lowest BCUT2D eigenvalue weighted by molar-refractivity contribution is 0.393. The predicted molar refractivity (Wildman–Crippen MR) is 82.6 cm³/mol. The van der Waals surface area contributed by atoms with Gasteiger partial charge >= 0.3 is 0 Å². The average molecular weight is 334 g/mol. The van der Waals surface area contributed by atoms with Crippen molar-refractivity contribution in [3.8, 4) is 5.88 Å². The van der Waals surface area contributed by atoms with Crippen LogP contribution in [0.25, 0.3) is 0 Å². The highest BCUT2D eigenvalue weighted by molar-refractivity contribution is 9.10. The molecule has 104 valence electrons. The van der Waals surface area contributed by atoms with Crippen LogP contribution < -0.4 is 9.64 Å². The summed E-state index contributed by atoms with van der Waals surface area (Å²) in [6, 6.07) is 8.43. The van der Waals surface area contributed by atoms with Gasteiger partial charge in [-0.3, -0.25) is 0 Å². The van der Waals surface area contributed by atoms with Crippen molar-refractivity contribution < 1.29 is 4.74 Å². The van der Waals surface area contributed by atoms with Gasteiger partial charge in [-0.15, -0.1) is 0 Å². The SMILES string of the molecule is COc1nc(N2CC(C)Cc3ccccc32)ncc1Br. The fourth-order valence-electron chi connectivity index (χ4n) is 2.60. The van der Waals surface area contributed by atoms with E-state index in [-0.39, 0.29) is 0 Å². The minimum absolute atomic E-state index is 0.561. The fourth-order valence-corrected chi connectivity index (χ4v) is 2.95. The highest BCUT2D eigenvalue weighted by Crippen LogP contribution is 2.34. The van der Waals surface area contributed by atoms with Crippen molar-refractivity contribution in [2.75, 3.05) is 18.6 Å². The molecule has 0 saturated heterocycles. The van der Waals surface area contributed by atoms with Gasteiger partial charge in [0.05, 0.1) is 17.8 Å². The lowest BCUT2D eigenvalue weighted by atomic mass is 9.94. The smallest absolute Gasteiger partial charge is 0.233 e. The van der Waals surface area contributed by atoms with Crippen LogP contribution in [-0.4, -0.2) is 23.6 Å². The number of benzene rings is 1. The Morgan fingerprint density at radius 3 is 2.95 bits per heavy atom. The fraction of sp³-hybridized carbons (Fsp3) is 0.333. The van der Waals surface area contributed by atoms with Crippen LogP contribution in [0.1, 0.15) is 12.5 Å². The number of hydrogen-bond acceptors (Lipinski definition) is 4. The first-order valence-electron chi connectivity index (χ1n) is 6.61. The molecular weight excluding hydrogens is 318 g/mol. The number of nitrogens with zero attached hydrogens (tertiary/aromatic N) is 3. The third-order valence-electron chi connectivity index (χ3n) is 3.48. The van der Waals surface area contributed by atoms with Crippen LogP contribution >= 0.6 is 15.9 Å². The number of rotatable bonds is 2. The molecule has 0 saturated carbocycles. The lowest BCUT2D eigenvalue weighted by Gasteiger charge is -2.33. The first kappa shape index (κ1) is 13.4. The summed E-state index contributed by atoms with van der Waals surface area (Å²) in [6.45, 7) is 3.17. The van der Waals surface area contributed by atoms with Crippen LogP contribution in [0.3, 0.4) is 0 Å². The summed E-state index contributed by atoms with van der Waals surface area (Å²) in [7, 11) is 1.61. The van der Waals surface area contributed by atoms with Crippen LogP contribution in [0.5, 0.6) is 5.88 Å². The zero-order valence-electron chi connectivity index (χ0n) is 11.5. The van der Waals surface area contributed by atoms with Gasteiger partial charge in [0.2, 0.25) is 11.8 Å². The van der Waals surface area contributed by atoms with E-state index >= 15 is 0 Å². The lowest BCUT2D eigenvalue weighted by Crippen LogP contribution is -2.31. The number of aromatic nitrogens is 2. The molecule has 0 spiro atoms. The second kappa shape index (κ2) is 5.40. The quantitative estimate of drug-likeness (QED) is 0.841. The highest BCUT2D eigenvalue weighted by Gasteiger charge is 2.24. The van der Waals surface area contributed by atoms with E-state index in [4.69, 9.17) is 4.74 Å². The topological polar surface area (TPSA) is 38.2 Å². The van der Waals surface area contributed by atoms with Gasteiger partial charge < -0.3 is 9.64 Å². The predicted octanol–water partition coefficient (Wildman–Crippen LogP) is 3.58. The maximum Gasteiger partial charge on any atom is 0.233 e. The summed E-state index contributed by atoms with van der Waals surface area (Å²) in [6.07, 6.45) is 2.84. The highest BCUT2D eigenvalue weighted by atomic mass is 79.9. The normalized spacial score (nSPS) is 17.8. The second-order valence-corrected chi connectivity index (χ2v) is 5.93. The van der Waals surface area contributed by atoms with Crippen molar-refractivity contribution in [3.63, 3.8) is 0 Å². The van der Waals surface area contributed by atoms with E-state index in [9.17, 15) is 0 Å². The molecule has 20 heavy (non-hydrogen) atoms. The third-order valence-corrected chi connectivity index (χ3v) is 4.02. The van der Waals surface area contributed by atoms with Crippen molar-refractivity contribution in [2.45, 2.75) is 13.3 Å². The molecule has 1 atom stereocenters. The Hall–Kier alpha value is -1.62. The maximum absolute atomic E-state index is 5.27. The van der Waals surface area contributed by atoms with Crippen LogP contribution in [0, 0.1) is 5.92 Å². The van der Waals surface area contributed by atoms with Crippen molar-refractivity contribution in [2.24, 2.45) is 5.92 Å². The molecule has 5 heteroatoms. The largest absolute Gasteiger partial charge is 0.480 e. The van der Waals surface area contributed by atoms with Crippen molar-refractivity contribution >= 4 is 27.6 Å².